The predicted octanol–water partition coefficient (Wildman–Crippen LogP) is 2.65. The second-order valence-electron chi connectivity index (χ2n) is 6.22. The molecule has 2 N–H and O–H groups in total. The van der Waals surface area contributed by atoms with E-state index in [4.69, 9.17) is 9.73 Å². The molecule has 1 unspecified atom stereocenters. The number of hydrogen-bond donors (Lipinski definition) is 2. The third kappa shape index (κ3) is 4.21. The maximum atomic E-state index is 5.29. The van der Waals surface area contributed by atoms with Gasteiger partial charge < -0.3 is 15.4 Å². The van der Waals surface area contributed by atoms with Gasteiger partial charge in [0.25, 0.3) is 0 Å². The van der Waals surface area contributed by atoms with Crippen molar-refractivity contribution in [3.05, 3.63) is 35.4 Å². The van der Waals surface area contributed by atoms with Crippen molar-refractivity contribution in [2.24, 2.45) is 10.4 Å². The molecule has 1 aromatic carbocycles. The molecule has 0 saturated carbocycles. The van der Waals surface area contributed by atoms with Crippen molar-refractivity contribution in [2.75, 3.05) is 26.3 Å². The normalized spacial score (nSPS) is 18.8. The lowest BCUT2D eigenvalue weighted by atomic mass is 9.89. The van der Waals surface area contributed by atoms with E-state index in [-0.39, 0.29) is 11.5 Å². The van der Waals surface area contributed by atoms with Crippen LogP contribution in [0.2, 0.25) is 0 Å². The van der Waals surface area contributed by atoms with Crippen molar-refractivity contribution < 1.29 is 4.74 Å². The van der Waals surface area contributed by atoms with Crippen molar-refractivity contribution in [1.82, 2.24) is 10.6 Å². The third-order valence-electron chi connectivity index (χ3n) is 3.87. The van der Waals surface area contributed by atoms with Gasteiger partial charge in [0.15, 0.2) is 5.96 Å². The Labute approximate surface area is 128 Å². The first-order valence-electron chi connectivity index (χ1n) is 7.72. The molecule has 2 rings (SSSR count). The zero-order valence-corrected chi connectivity index (χ0v) is 13.6. The van der Waals surface area contributed by atoms with Gasteiger partial charge in [-0.2, -0.15) is 0 Å². The standard InChI is InChI=1S/C17H27N3O/c1-5-18-16(19-10-17(4)11-21-12-17)20-14(3)15-9-7-6-8-13(15)2/h6-9,14H,5,10-12H2,1-4H3,(H2,18,19,20). The molecule has 116 valence electrons. The van der Waals surface area contributed by atoms with E-state index in [1.54, 1.807) is 0 Å². The summed E-state index contributed by atoms with van der Waals surface area (Å²) in [6, 6.07) is 8.69. The van der Waals surface area contributed by atoms with E-state index in [2.05, 4.69) is 62.6 Å². The average molecular weight is 289 g/mol. The molecule has 1 atom stereocenters. The molecule has 1 aromatic rings. The number of benzene rings is 1. The molecule has 1 aliphatic heterocycles. The molecule has 0 amide bonds. The summed E-state index contributed by atoms with van der Waals surface area (Å²) in [6.07, 6.45) is 0. The highest BCUT2D eigenvalue weighted by atomic mass is 16.5. The highest BCUT2D eigenvalue weighted by molar-refractivity contribution is 5.80. The van der Waals surface area contributed by atoms with Gasteiger partial charge in [-0.3, -0.25) is 4.99 Å². The van der Waals surface area contributed by atoms with Crippen LogP contribution in [0.15, 0.2) is 29.3 Å². The summed E-state index contributed by atoms with van der Waals surface area (Å²) in [4.78, 5) is 4.72. The average Bonchev–Trinajstić information content (AvgIpc) is 2.43. The van der Waals surface area contributed by atoms with Gasteiger partial charge in [0.05, 0.1) is 25.8 Å². The Bertz CT molecular complexity index is 495. The third-order valence-corrected chi connectivity index (χ3v) is 3.87. The summed E-state index contributed by atoms with van der Waals surface area (Å²) < 4.78 is 5.29. The maximum Gasteiger partial charge on any atom is 0.191 e. The summed E-state index contributed by atoms with van der Waals surface area (Å²) in [6.45, 7) is 11.9. The number of guanidine groups is 1. The lowest BCUT2D eigenvalue weighted by Crippen LogP contribution is -2.44. The predicted molar refractivity (Wildman–Crippen MR) is 87.6 cm³/mol. The number of hydrogen-bond acceptors (Lipinski definition) is 2. The Morgan fingerprint density at radius 2 is 2.10 bits per heavy atom. The minimum atomic E-state index is 0.203. The van der Waals surface area contributed by atoms with Gasteiger partial charge in [-0.05, 0) is 31.9 Å². The number of ether oxygens (including phenoxy) is 1. The van der Waals surface area contributed by atoms with Crippen LogP contribution in [0.1, 0.15) is 37.9 Å². The highest BCUT2D eigenvalue weighted by Gasteiger charge is 2.33. The van der Waals surface area contributed by atoms with Crippen molar-refractivity contribution in [2.45, 2.75) is 33.7 Å². The lowest BCUT2D eigenvalue weighted by Gasteiger charge is -2.36. The van der Waals surface area contributed by atoms with Gasteiger partial charge in [-0.15, -0.1) is 0 Å². The van der Waals surface area contributed by atoms with Crippen LogP contribution >= 0.6 is 0 Å². The molecule has 0 spiro atoms. The van der Waals surface area contributed by atoms with E-state index in [1.807, 2.05) is 0 Å². The molecule has 0 aromatic heterocycles. The quantitative estimate of drug-likeness (QED) is 0.647. The van der Waals surface area contributed by atoms with E-state index >= 15 is 0 Å². The fourth-order valence-corrected chi connectivity index (χ4v) is 2.49. The van der Waals surface area contributed by atoms with E-state index in [0.29, 0.717) is 0 Å². The first-order chi connectivity index (χ1) is 10.0. The second kappa shape index (κ2) is 6.94. The Balaban J connectivity index is 2.01. The molecule has 4 nitrogen and oxygen atoms in total. The van der Waals surface area contributed by atoms with Crippen molar-refractivity contribution in [3.8, 4) is 0 Å². The Kier molecular flexibility index (Phi) is 5.23. The van der Waals surface area contributed by atoms with Crippen molar-refractivity contribution >= 4 is 5.96 Å². The summed E-state index contributed by atoms with van der Waals surface area (Å²) in [5.41, 5.74) is 2.81. The molecule has 1 aliphatic rings. The number of rotatable bonds is 5. The van der Waals surface area contributed by atoms with Gasteiger partial charge in [0, 0.05) is 12.0 Å². The molecular formula is C17H27N3O. The molecule has 0 radical (unpaired) electrons. The molecule has 1 fully saturated rings. The van der Waals surface area contributed by atoms with E-state index in [1.165, 1.54) is 11.1 Å². The van der Waals surface area contributed by atoms with Gasteiger partial charge in [-0.1, -0.05) is 31.2 Å². The van der Waals surface area contributed by atoms with Crippen LogP contribution in [-0.4, -0.2) is 32.3 Å². The summed E-state index contributed by atoms with van der Waals surface area (Å²) >= 11 is 0. The van der Waals surface area contributed by atoms with Crippen molar-refractivity contribution in [3.63, 3.8) is 0 Å². The highest BCUT2D eigenvalue weighted by Crippen LogP contribution is 2.26. The molecule has 1 heterocycles. The molecule has 0 aliphatic carbocycles. The van der Waals surface area contributed by atoms with E-state index < -0.39 is 0 Å². The lowest BCUT2D eigenvalue weighted by molar-refractivity contribution is -0.0945. The van der Waals surface area contributed by atoms with Crippen molar-refractivity contribution in [1.29, 1.82) is 0 Å². The smallest absolute Gasteiger partial charge is 0.191 e. The maximum absolute atomic E-state index is 5.29. The largest absolute Gasteiger partial charge is 0.380 e. The Morgan fingerprint density at radius 3 is 2.67 bits per heavy atom. The van der Waals surface area contributed by atoms with Crippen LogP contribution < -0.4 is 10.6 Å². The number of nitrogens with zero attached hydrogens (tertiary/aromatic N) is 1. The van der Waals surface area contributed by atoms with Crippen LogP contribution in [0.5, 0.6) is 0 Å². The topological polar surface area (TPSA) is 45.7 Å². The van der Waals surface area contributed by atoms with Crippen LogP contribution in [0.4, 0.5) is 0 Å². The van der Waals surface area contributed by atoms with Gasteiger partial charge in [-0.25, -0.2) is 0 Å². The van der Waals surface area contributed by atoms with Crippen LogP contribution in [-0.2, 0) is 4.74 Å². The van der Waals surface area contributed by atoms with Gasteiger partial charge in [0.2, 0.25) is 0 Å². The number of aliphatic imine (C=N–C) groups is 1. The molecule has 4 heteroatoms. The van der Waals surface area contributed by atoms with E-state index in [0.717, 1.165) is 32.3 Å². The number of nitrogens with one attached hydrogen (secondary N) is 2. The van der Waals surface area contributed by atoms with Crippen LogP contribution in [0.3, 0.4) is 0 Å². The summed E-state index contributed by atoms with van der Waals surface area (Å²) in [5, 5.41) is 6.82. The minimum absolute atomic E-state index is 0.203. The van der Waals surface area contributed by atoms with Crippen LogP contribution in [0.25, 0.3) is 0 Å². The zero-order chi connectivity index (χ0) is 15.3. The van der Waals surface area contributed by atoms with E-state index in [9.17, 15) is 0 Å². The first kappa shape index (κ1) is 15.8. The molecule has 0 bridgehead atoms. The second-order valence-corrected chi connectivity index (χ2v) is 6.22. The van der Waals surface area contributed by atoms with Crippen LogP contribution in [0, 0.1) is 12.3 Å². The molecular weight excluding hydrogens is 262 g/mol. The summed E-state index contributed by atoms with van der Waals surface area (Å²) in [5.74, 6) is 0.876. The minimum Gasteiger partial charge on any atom is -0.380 e. The fraction of sp³-hybridized carbons (Fsp3) is 0.588. The molecule has 21 heavy (non-hydrogen) atoms. The summed E-state index contributed by atoms with van der Waals surface area (Å²) in [7, 11) is 0. The van der Waals surface area contributed by atoms with Gasteiger partial charge in [0.1, 0.15) is 0 Å². The monoisotopic (exact) mass is 289 g/mol. The first-order valence-corrected chi connectivity index (χ1v) is 7.72. The Morgan fingerprint density at radius 1 is 1.38 bits per heavy atom. The fourth-order valence-electron chi connectivity index (χ4n) is 2.49. The Hall–Kier alpha value is -1.55. The SMILES string of the molecule is CCNC(=NCC1(C)COC1)NC(C)c1ccccc1C. The molecule has 1 saturated heterocycles. The zero-order valence-electron chi connectivity index (χ0n) is 13.6. The number of aryl methyl sites for hydroxylation is 1. The van der Waals surface area contributed by atoms with Gasteiger partial charge >= 0.3 is 0 Å².